The average molecular weight is 237 g/mol. The standard InChI is InChI=1S/C14H23NS/c1-2-15-14-7-5-3-4-6-13(14)10-12-8-9-16-11-12/h8-9,11,13-15H,2-7,10H2,1H3. The van der Waals surface area contributed by atoms with Gasteiger partial charge in [-0.05, 0) is 54.1 Å². The average Bonchev–Trinajstić information content (AvgIpc) is 2.69. The molecule has 0 aromatic carbocycles. The van der Waals surface area contributed by atoms with E-state index in [0.717, 1.165) is 18.5 Å². The highest BCUT2D eigenvalue weighted by atomic mass is 32.1. The van der Waals surface area contributed by atoms with Crippen LogP contribution >= 0.6 is 11.3 Å². The molecule has 2 atom stereocenters. The van der Waals surface area contributed by atoms with Gasteiger partial charge in [-0.3, -0.25) is 0 Å². The van der Waals surface area contributed by atoms with E-state index >= 15 is 0 Å². The predicted molar refractivity (Wildman–Crippen MR) is 72.1 cm³/mol. The van der Waals surface area contributed by atoms with E-state index in [2.05, 4.69) is 29.1 Å². The van der Waals surface area contributed by atoms with Crippen LogP contribution in [0.4, 0.5) is 0 Å². The first-order valence-electron chi connectivity index (χ1n) is 6.64. The largest absolute Gasteiger partial charge is 0.314 e. The van der Waals surface area contributed by atoms with Gasteiger partial charge in [-0.1, -0.05) is 26.2 Å². The normalized spacial score (nSPS) is 26.6. The Morgan fingerprint density at radius 1 is 1.31 bits per heavy atom. The quantitative estimate of drug-likeness (QED) is 0.784. The number of thiophene rings is 1. The lowest BCUT2D eigenvalue weighted by atomic mass is 9.89. The summed E-state index contributed by atoms with van der Waals surface area (Å²) in [6.45, 7) is 3.34. The second kappa shape index (κ2) is 6.41. The lowest BCUT2D eigenvalue weighted by molar-refractivity contribution is 0.337. The van der Waals surface area contributed by atoms with Gasteiger partial charge in [0, 0.05) is 6.04 Å². The highest BCUT2D eigenvalue weighted by molar-refractivity contribution is 7.07. The van der Waals surface area contributed by atoms with E-state index in [1.807, 2.05) is 11.3 Å². The molecule has 1 aromatic rings. The zero-order valence-electron chi connectivity index (χ0n) is 10.2. The monoisotopic (exact) mass is 237 g/mol. The van der Waals surface area contributed by atoms with E-state index in [4.69, 9.17) is 0 Å². The van der Waals surface area contributed by atoms with Crippen LogP contribution in [0.15, 0.2) is 16.8 Å². The van der Waals surface area contributed by atoms with Gasteiger partial charge >= 0.3 is 0 Å². The van der Waals surface area contributed by atoms with Gasteiger partial charge in [0.15, 0.2) is 0 Å². The molecule has 0 amide bonds. The second-order valence-electron chi connectivity index (χ2n) is 4.90. The number of nitrogens with one attached hydrogen (secondary N) is 1. The summed E-state index contributed by atoms with van der Waals surface area (Å²) in [4.78, 5) is 0. The third kappa shape index (κ3) is 3.33. The van der Waals surface area contributed by atoms with Crippen molar-refractivity contribution >= 4 is 11.3 Å². The van der Waals surface area contributed by atoms with Gasteiger partial charge in [0.05, 0.1) is 0 Å². The maximum atomic E-state index is 3.69. The van der Waals surface area contributed by atoms with Crippen molar-refractivity contribution in [2.45, 2.75) is 51.5 Å². The lowest BCUT2D eigenvalue weighted by Gasteiger charge is -2.25. The van der Waals surface area contributed by atoms with E-state index < -0.39 is 0 Å². The molecule has 1 N–H and O–H groups in total. The minimum absolute atomic E-state index is 0.757. The molecule has 1 aromatic heterocycles. The van der Waals surface area contributed by atoms with Crippen molar-refractivity contribution in [3.8, 4) is 0 Å². The van der Waals surface area contributed by atoms with Crippen molar-refractivity contribution in [3.05, 3.63) is 22.4 Å². The fraction of sp³-hybridized carbons (Fsp3) is 0.714. The summed E-state index contributed by atoms with van der Waals surface area (Å²) in [7, 11) is 0. The van der Waals surface area contributed by atoms with Gasteiger partial charge in [0.1, 0.15) is 0 Å². The third-order valence-electron chi connectivity index (χ3n) is 3.70. The Kier molecular flexibility index (Phi) is 4.86. The molecule has 1 saturated carbocycles. The molecular formula is C14H23NS. The van der Waals surface area contributed by atoms with Crippen molar-refractivity contribution in [1.29, 1.82) is 0 Å². The first-order chi connectivity index (χ1) is 7.90. The number of rotatable bonds is 4. The van der Waals surface area contributed by atoms with E-state index in [9.17, 15) is 0 Å². The van der Waals surface area contributed by atoms with Crippen LogP contribution in [0.3, 0.4) is 0 Å². The molecule has 1 aliphatic carbocycles. The Bertz CT molecular complexity index is 281. The Balaban J connectivity index is 1.96. The van der Waals surface area contributed by atoms with Crippen molar-refractivity contribution in [1.82, 2.24) is 5.32 Å². The van der Waals surface area contributed by atoms with E-state index in [1.54, 1.807) is 5.56 Å². The van der Waals surface area contributed by atoms with Gasteiger partial charge in [-0.25, -0.2) is 0 Å². The number of hydrogen-bond acceptors (Lipinski definition) is 2. The maximum Gasteiger partial charge on any atom is 0.00983 e. The number of hydrogen-bond donors (Lipinski definition) is 1. The first kappa shape index (κ1) is 12.1. The zero-order valence-corrected chi connectivity index (χ0v) is 11.1. The molecule has 0 radical (unpaired) electrons. The molecule has 1 aliphatic rings. The zero-order chi connectivity index (χ0) is 11.2. The highest BCUT2D eigenvalue weighted by Crippen LogP contribution is 2.27. The van der Waals surface area contributed by atoms with Crippen LogP contribution < -0.4 is 5.32 Å². The summed E-state index contributed by atoms with van der Waals surface area (Å²) >= 11 is 1.83. The Morgan fingerprint density at radius 3 is 2.94 bits per heavy atom. The SMILES string of the molecule is CCNC1CCCCCC1Cc1ccsc1. The molecule has 0 aliphatic heterocycles. The smallest absolute Gasteiger partial charge is 0.00983 e. The summed E-state index contributed by atoms with van der Waals surface area (Å²) < 4.78 is 0. The molecule has 2 heteroatoms. The van der Waals surface area contributed by atoms with E-state index in [-0.39, 0.29) is 0 Å². The van der Waals surface area contributed by atoms with Crippen molar-refractivity contribution < 1.29 is 0 Å². The minimum atomic E-state index is 0.757. The molecule has 1 fully saturated rings. The third-order valence-corrected chi connectivity index (χ3v) is 4.44. The summed E-state index contributed by atoms with van der Waals surface area (Å²) in [5.74, 6) is 0.858. The Morgan fingerprint density at radius 2 is 2.19 bits per heavy atom. The molecular weight excluding hydrogens is 214 g/mol. The van der Waals surface area contributed by atoms with Crippen molar-refractivity contribution in [2.75, 3.05) is 6.54 Å². The van der Waals surface area contributed by atoms with Gasteiger partial charge in [0.25, 0.3) is 0 Å². The molecule has 90 valence electrons. The van der Waals surface area contributed by atoms with Crippen LogP contribution in [0.25, 0.3) is 0 Å². The molecule has 0 spiro atoms. The molecule has 1 heterocycles. The van der Waals surface area contributed by atoms with Gasteiger partial charge in [-0.15, -0.1) is 0 Å². The Hall–Kier alpha value is -0.340. The van der Waals surface area contributed by atoms with Crippen LogP contribution in [0.1, 0.15) is 44.6 Å². The van der Waals surface area contributed by atoms with E-state index in [0.29, 0.717) is 0 Å². The van der Waals surface area contributed by atoms with Crippen LogP contribution in [0, 0.1) is 5.92 Å². The molecule has 16 heavy (non-hydrogen) atoms. The summed E-state index contributed by atoms with van der Waals surface area (Å²) in [6.07, 6.45) is 8.34. The lowest BCUT2D eigenvalue weighted by Crippen LogP contribution is -2.36. The van der Waals surface area contributed by atoms with Gasteiger partial charge in [0.2, 0.25) is 0 Å². The van der Waals surface area contributed by atoms with Gasteiger partial charge in [-0.2, -0.15) is 11.3 Å². The van der Waals surface area contributed by atoms with Crippen LogP contribution in [0.2, 0.25) is 0 Å². The highest BCUT2D eigenvalue weighted by Gasteiger charge is 2.22. The molecule has 0 bridgehead atoms. The van der Waals surface area contributed by atoms with E-state index in [1.165, 1.54) is 38.5 Å². The van der Waals surface area contributed by atoms with Crippen molar-refractivity contribution in [3.63, 3.8) is 0 Å². The Labute approximate surface area is 103 Å². The van der Waals surface area contributed by atoms with Crippen LogP contribution in [-0.4, -0.2) is 12.6 Å². The second-order valence-corrected chi connectivity index (χ2v) is 5.68. The fourth-order valence-electron chi connectivity index (χ4n) is 2.87. The molecule has 0 saturated heterocycles. The maximum absolute atomic E-state index is 3.69. The predicted octanol–water partition coefficient (Wildman–Crippen LogP) is 3.85. The topological polar surface area (TPSA) is 12.0 Å². The minimum Gasteiger partial charge on any atom is -0.314 e. The first-order valence-corrected chi connectivity index (χ1v) is 7.59. The molecule has 1 nitrogen and oxygen atoms in total. The molecule has 2 rings (SSSR count). The summed E-state index contributed by atoms with van der Waals surface area (Å²) in [5, 5.41) is 8.21. The van der Waals surface area contributed by atoms with Crippen LogP contribution in [-0.2, 0) is 6.42 Å². The van der Waals surface area contributed by atoms with Crippen LogP contribution in [0.5, 0.6) is 0 Å². The molecule has 2 unspecified atom stereocenters. The summed E-state index contributed by atoms with van der Waals surface area (Å²) in [6, 6.07) is 3.05. The van der Waals surface area contributed by atoms with Crippen molar-refractivity contribution in [2.24, 2.45) is 5.92 Å². The van der Waals surface area contributed by atoms with Gasteiger partial charge < -0.3 is 5.32 Å². The fourth-order valence-corrected chi connectivity index (χ4v) is 3.55. The summed E-state index contributed by atoms with van der Waals surface area (Å²) in [5.41, 5.74) is 1.54.